The fourth-order valence-electron chi connectivity index (χ4n) is 4.36. The first kappa shape index (κ1) is 21.4. The van der Waals surface area contributed by atoms with Crippen molar-refractivity contribution in [3.63, 3.8) is 0 Å². The van der Waals surface area contributed by atoms with Crippen LogP contribution in [0.4, 0.5) is 10.5 Å². The van der Waals surface area contributed by atoms with Gasteiger partial charge in [-0.05, 0) is 35.8 Å². The number of benzene rings is 3. The minimum atomic E-state index is -0.737. The Bertz CT molecular complexity index is 1450. The molecule has 1 N–H and O–H groups in total. The summed E-state index contributed by atoms with van der Waals surface area (Å²) in [6.07, 6.45) is 4.16. The number of urea groups is 1. The standard InChI is InChI=1S/C28H23N3O3/c1-2-20-12-6-8-14-24(20)31-27(33)23(26(32)29-28(31)34)16-21-18-30(17-19-10-4-3-5-11-19)25-15-9-7-13-22(21)25/h3-16,18H,2,17H2,1H3,(H,29,32,34). The highest BCUT2D eigenvalue weighted by Crippen LogP contribution is 2.28. The molecule has 0 radical (unpaired) electrons. The van der Waals surface area contributed by atoms with Gasteiger partial charge in [-0.3, -0.25) is 14.9 Å². The average molecular weight is 450 g/mol. The summed E-state index contributed by atoms with van der Waals surface area (Å²) in [5.41, 5.74) is 4.13. The van der Waals surface area contributed by atoms with Crippen molar-refractivity contribution in [3.05, 3.63) is 107 Å². The lowest BCUT2D eigenvalue weighted by atomic mass is 10.0. The summed E-state index contributed by atoms with van der Waals surface area (Å²) in [6.45, 7) is 2.60. The molecule has 34 heavy (non-hydrogen) atoms. The summed E-state index contributed by atoms with van der Waals surface area (Å²) in [5, 5.41) is 3.25. The second-order valence-electron chi connectivity index (χ2n) is 8.16. The van der Waals surface area contributed by atoms with Crippen LogP contribution in [-0.4, -0.2) is 22.4 Å². The number of fused-ring (bicyclic) bond motifs is 1. The van der Waals surface area contributed by atoms with Crippen LogP contribution in [0.15, 0.2) is 90.6 Å². The molecule has 5 rings (SSSR count). The molecule has 0 saturated carbocycles. The van der Waals surface area contributed by atoms with Crippen molar-refractivity contribution >= 4 is 40.5 Å². The Kier molecular flexibility index (Phi) is 5.55. The van der Waals surface area contributed by atoms with Gasteiger partial charge in [-0.25, -0.2) is 9.69 Å². The molecule has 3 aromatic carbocycles. The summed E-state index contributed by atoms with van der Waals surface area (Å²) in [5.74, 6) is -1.32. The first-order chi connectivity index (χ1) is 16.6. The number of carbonyl (C=O) groups is 3. The molecule has 1 aliphatic rings. The van der Waals surface area contributed by atoms with Crippen molar-refractivity contribution in [2.24, 2.45) is 0 Å². The van der Waals surface area contributed by atoms with E-state index in [9.17, 15) is 14.4 Å². The number of anilines is 1. The molecule has 0 aliphatic carbocycles. The molecule has 1 aromatic heterocycles. The lowest BCUT2D eigenvalue weighted by molar-refractivity contribution is -0.122. The highest BCUT2D eigenvalue weighted by atomic mass is 16.2. The predicted octanol–water partition coefficient (Wildman–Crippen LogP) is 4.92. The molecular weight excluding hydrogens is 426 g/mol. The van der Waals surface area contributed by atoms with Gasteiger partial charge in [-0.2, -0.15) is 0 Å². The quantitative estimate of drug-likeness (QED) is 0.347. The minimum Gasteiger partial charge on any atom is -0.342 e. The Balaban J connectivity index is 1.58. The fraction of sp³-hybridized carbons (Fsp3) is 0.107. The van der Waals surface area contributed by atoms with Crippen molar-refractivity contribution in [1.82, 2.24) is 9.88 Å². The molecule has 6 nitrogen and oxygen atoms in total. The lowest BCUT2D eigenvalue weighted by Gasteiger charge is -2.27. The van der Waals surface area contributed by atoms with E-state index in [-0.39, 0.29) is 5.57 Å². The molecule has 1 fully saturated rings. The first-order valence-electron chi connectivity index (χ1n) is 11.2. The highest BCUT2D eigenvalue weighted by molar-refractivity contribution is 6.39. The summed E-state index contributed by atoms with van der Waals surface area (Å²) < 4.78 is 2.09. The second kappa shape index (κ2) is 8.83. The summed E-state index contributed by atoms with van der Waals surface area (Å²) in [6, 6.07) is 24.4. The number of aromatic nitrogens is 1. The van der Waals surface area contributed by atoms with Crippen LogP contribution in [0, 0.1) is 0 Å². The summed E-state index contributed by atoms with van der Waals surface area (Å²) in [4.78, 5) is 39.8. The molecule has 1 saturated heterocycles. The number of nitrogens with zero attached hydrogens (tertiary/aromatic N) is 2. The van der Waals surface area contributed by atoms with E-state index in [1.807, 2.05) is 67.7 Å². The summed E-state index contributed by atoms with van der Waals surface area (Å²) >= 11 is 0. The number of imide groups is 2. The molecule has 1 aliphatic heterocycles. The van der Waals surface area contributed by atoms with Crippen molar-refractivity contribution in [2.45, 2.75) is 19.9 Å². The van der Waals surface area contributed by atoms with E-state index in [4.69, 9.17) is 0 Å². The SMILES string of the molecule is CCc1ccccc1N1C(=O)NC(=O)C(=Cc2cn(Cc3ccccc3)c3ccccc23)C1=O. The number of rotatable bonds is 5. The zero-order valence-electron chi connectivity index (χ0n) is 18.7. The number of carbonyl (C=O) groups excluding carboxylic acids is 3. The number of hydrogen-bond acceptors (Lipinski definition) is 3. The van der Waals surface area contributed by atoms with Gasteiger partial charge < -0.3 is 4.57 Å². The van der Waals surface area contributed by atoms with E-state index in [1.165, 1.54) is 0 Å². The third-order valence-electron chi connectivity index (χ3n) is 6.03. The van der Waals surface area contributed by atoms with Gasteiger partial charge >= 0.3 is 6.03 Å². The number of hydrogen-bond donors (Lipinski definition) is 1. The minimum absolute atomic E-state index is 0.0758. The molecule has 0 bridgehead atoms. The van der Waals surface area contributed by atoms with Crippen LogP contribution in [0.25, 0.3) is 17.0 Å². The topological polar surface area (TPSA) is 71.4 Å². The van der Waals surface area contributed by atoms with E-state index in [2.05, 4.69) is 22.0 Å². The van der Waals surface area contributed by atoms with Crippen LogP contribution in [-0.2, 0) is 22.6 Å². The monoisotopic (exact) mass is 449 g/mol. The van der Waals surface area contributed by atoms with E-state index in [0.29, 0.717) is 18.7 Å². The maximum atomic E-state index is 13.4. The van der Waals surface area contributed by atoms with E-state index < -0.39 is 17.8 Å². The van der Waals surface area contributed by atoms with Gasteiger partial charge in [-0.1, -0.05) is 73.7 Å². The third-order valence-corrected chi connectivity index (χ3v) is 6.03. The molecule has 6 heteroatoms. The van der Waals surface area contributed by atoms with Gasteiger partial charge in [0.05, 0.1) is 5.69 Å². The molecule has 2 heterocycles. The van der Waals surface area contributed by atoms with Crippen LogP contribution in [0.2, 0.25) is 0 Å². The van der Waals surface area contributed by atoms with Crippen molar-refractivity contribution in [1.29, 1.82) is 0 Å². The number of para-hydroxylation sites is 2. The third kappa shape index (κ3) is 3.79. The maximum Gasteiger partial charge on any atom is 0.335 e. The number of amides is 4. The van der Waals surface area contributed by atoms with Crippen LogP contribution in [0.3, 0.4) is 0 Å². The number of barbiturate groups is 1. The first-order valence-corrected chi connectivity index (χ1v) is 11.2. The van der Waals surface area contributed by atoms with E-state index >= 15 is 0 Å². The number of aryl methyl sites for hydroxylation is 1. The largest absolute Gasteiger partial charge is 0.342 e. The Morgan fingerprint density at radius 1 is 0.853 bits per heavy atom. The highest BCUT2D eigenvalue weighted by Gasteiger charge is 2.37. The molecule has 0 unspecified atom stereocenters. The van der Waals surface area contributed by atoms with Gasteiger partial charge in [0.25, 0.3) is 11.8 Å². The van der Waals surface area contributed by atoms with Gasteiger partial charge in [0.1, 0.15) is 5.57 Å². The molecular formula is C28H23N3O3. The second-order valence-corrected chi connectivity index (χ2v) is 8.16. The van der Waals surface area contributed by atoms with Crippen LogP contribution in [0.1, 0.15) is 23.6 Å². The Morgan fingerprint density at radius 2 is 1.56 bits per heavy atom. The predicted molar refractivity (Wildman–Crippen MR) is 132 cm³/mol. The molecule has 4 amide bonds. The van der Waals surface area contributed by atoms with E-state index in [0.717, 1.165) is 32.5 Å². The smallest absolute Gasteiger partial charge is 0.335 e. The normalized spacial score (nSPS) is 15.3. The van der Waals surface area contributed by atoms with E-state index in [1.54, 1.807) is 18.2 Å². The maximum absolute atomic E-state index is 13.4. The van der Waals surface area contributed by atoms with Crippen LogP contribution < -0.4 is 10.2 Å². The summed E-state index contributed by atoms with van der Waals surface area (Å²) in [7, 11) is 0. The Morgan fingerprint density at radius 3 is 2.35 bits per heavy atom. The van der Waals surface area contributed by atoms with Crippen LogP contribution in [0.5, 0.6) is 0 Å². The van der Waals surface area contributed by atoms with Gasteiger partial charge in [0.2, 0.25) is 0 Å². The number of nitrogens with one attached hydrogen (secondary N) is 1. The van der Waals surface area contributed by atoms with Crippen LogP contribution >= 0.6 is 0 Å². The zero-order chi connectivity index (χ0) is 23.7. The van der Waals surface area contributed by atoms with Crippen molar-refractivity contribution in [3.8, 4) is 0 Å². The Hall–Kier alpha value is -4.45. The fourth-order valence-corrected chi connectivity index (χ4v) is 4.36. The van der Waals surface area contributed by atoms with Crippen molar-refractivity contribution < 1.29 is 14.4 Å². The molecule has 0 spiro atoms. The lowest BCUT2D eigenvalue weighted by Crippen LogP contribution is -2.54. The average Bonchev–Trinajstić information content (AvgIpc) is 3.19. The molecule has 0 atom stereocenters. The van der Waals surface area contributed by atoms with Gasteiger partial charge in [-0.15, -0.1) is 0 Å². The van der Waals surface area contributed by atoms with Crippen molar-refractivity contribution in [2.75, 3.05) is 4.90 Å². The molecule has 4 aromatic rings. The zero-order valence-corrected chi connectivity index (χ0v) is 18.7. The Labute approximate surface area is 197 Å². The van der Waals surface area contributed by atoms with Gasteiger partial charge in [0, 0.05) is 29.2 Å². The van der Waals surface area contributed by atoms with Gasteiger partial charge in [0.15, 0.2) is 0 Å². The molecule has 168 valence electrons.